The molecule has 0 saturated heterocycles. The Morgan fingerprint density at radius 2 is 1.93 bits per heavy atom. The number of carbonyl (C=O) groups is 1. The summed E-state index contributed by atoms with van der Waals surface area (Å²) < 4.78 is 14.3. The smallest absolute Gasteiger partial charge is 0.254 e. The lowest BCUT2D eigenvalue weighted by Gasteiger charge is -2.14. The van der Waals surface area contributed by atoms with Crippen molar-refractivity contribution in [3.8, 4) is 11.4 Å². The second-order valence-corrected chi connectivity index (χ2v) is 6.35. The minimum absolute atomic E-state index is 0.227. The van der Waals surface area contributed by atoms with E-state index in [-0.39, 0.29) is 12.1 Å². The fourth-order valence-electron chi connectivity index (χ4n) is 2.61. The Kier molecular flexibility index (Phi) is 5.66. The van der Waals surface area contributed by atoms with Crippen molar-refractivity contribution in [1.29, 1.82) is 0 Å². The Hall–Kier alpha value is -2.99. The van der Waals surface area contributed by atoms with Gasteiger partial charge in [-0.05, 0) is 42.8 Å². The quantitative estimate of drug-likeness (QED) is 0.724. The molecular weight excluding hydrogens is 369 g/mol. The summed E-state index contributed by atoms with van der Waals surface area (Å²) in [6.07, 6.45) is 0.589. The van der Waals surface area contributed by atoms with Gasteiger partial charge in [0.1, 0.15) is 18.2 Å². The normalized spacial score (nSPS) is 10.6. The molecule has 1 amide bonds. The third kappa shape index (κ3) is 4.60. The Labute approximate surface area is 160 Å². The van der Waals surface area contributed by atoms with E-state index >= 15 is 0 Å². The Morgan fingerprint density at radius 1 is 1.19 bits per heavy atom. The molecule has 3 rings (SSSR count). The topological polar surface area (TPSA) is 64.0 Å². The number of carbonyl (C=O) groups excluding carboxylic acids is 1. The van der Waals surface area contributed by atoms with Crippen molar-refractivity contribution < 1.29 is 9.18 Å². The van der Waals surface area contributed by atoms with E-state index in [1.807, 2.05) is 6.92 Å². The standard InChI is InChI=1S/C20H17ClFN3O2/c1-2-16-11-19(27)25(20(24-16)13-4-3-5-14(21)10-13)12-18(26)23-17-8-6-15(22)7-9-17/h3-11H,2,12H2,1H3,(H,23,26). The number of aromatic nitrogens is 2. The van der Waals surface area contributed by atoms with Crippen LogP contribution in [0.15, 0.2) is 59.4 Å². The molecule has 0 unspecified atom stereocenters. The van der Waals surface area contributed by atoms with Crippen LogP contribution in [-0.2, 0) is 17.8 Å². The number of hydrogen-bond donors (Lipinski definition) is 1. The summed E-state index contributed by atoms with van der Waals surface area (Å²) in [5, 5.41) is 3.15. The molecule has 3 aromatic rings. The first-order valence-electron chi connectivity index (χ1n) is 8.38. The van der Waals surface area contributed by atoms with Crippen molar-refractivity contribution in [1.82, 2.24) is 9.55 Å². The van der Waals surface area contributed by atoms with Crippen LogP contribution in [-0.4, -0.2) is 15.5 Å². The number of rotatable bonds is 5. The number of hydrogen-bond acceptors (Lipinski definition) is 3. The summed E-state index contributed by atoms with van der Waals surface area (Å²) in [7, 11) is 0. The third-order valence-electron chi connectivity index (χ3n) is 3.94. The lowest BCUT2D eigenvalue weighted by Crippen LogP contribution is -2.30. The van der Waals surface area contributed by atoms with Gasteiger partial charge in [-0.1, -0.05) is 30.7 Å². The van der Waals surface area contributed by atoms with Gasteiger partial charge in [0.05, 0.1) is 0 Å². The van der Waals surface area contributed by atoms with E-state index in [9.17, 15) is 14.0 Å². The van der Waals surface area contributed by atoms with Crippen molar-refractivity contribution in [2.75, 3.05) is 5.32 Å². The predicted molar refractivity (Wildman–Crippen MR) is 103 cm³/mol. The minimum Gasteiger partial charge on any atom is -0.325 e. The maximum atomic E-state index is 13.0. The van der Waals surface area contributed by atoms with Crippen LogP contribution in [0.3, 0.4) is 0 Å². The van der Waals surface area contributed by atoms with E-state index in [0.717, 1.165) is 0 Å². The first-order valence-corrected chi connectivity index (χ1v) is 8.76. The van der Waals surface area contributed by atoms with E-state index in [2.05, 4.69) is 10.3 Å². The van der Waals surface area contributed by atoms with Crippen LogP contribution in [0.4, 0.5) is 10.1 Å². The van der Waals surface area contributed by atoms with Crippen LogP contribution in [0.2, 0.25) is 5.02 Å². The molecule has 27 heavy (non-hydrogen) atoms. The molecule has 0 atom stereocenters. The molecule has 7 heteroatoms. The third-order valence-corrected chi connectivity index (χ3v) is 4.17. The van der Waals surface area contributed by atoms with Crippen LogP contribution in [0.5, 0.6) is 0 Å². The number of nitrogens with one attached hydrogen (secondary N) is 1. The summed E-state index contributed by atoms with van der Waals surface area (Å²) in [5.41, 5.74) is 1.39. The summed E-state index contributed by atoms with van der Waals surface area (Å²) in [6.45, 7) is 1.67. The molecule has 2 aromatic carbocycles. The van der Waals surface area contributed by atoms with E-state index in [0.29, 0.717) is 34.2 Å². The highest BCUT2D eigenvalue weighted by Crippen LogP contribution is 2.21. The molecular formula is C20H17ClFN3O2. The van der Waals surface area contributed by atoms with Gasteiger partial charge in [0.25, 0.3) is 5.56 Å². The van der Waals surface area contributed by atoms with Crippen molar-refractivity contribution >= 4 is 23.2 Å². The molecule has 0 saturated carbocycles. The van der Waals surface area contributed by atoms with Crippen molar-refractivity contribution in [2.24, 2.45) is 0 Å². The van der Waals surface area contributed by atoms with Gasteiger partial charge in [0, 0.05) is 28.0 Å². The zero-order chi connectivity index (χ0) is 19.4. The largest absolute Gasteiger partial charge is 0.325 e. The fourth-order valence-corrected chi connectivity index (χ4v) is 2.80. The number of anilines is 1. The van der Waals surface area contributed by atoms with Gasteiger partial charge in [0.15, 0.2) is 0 Å². The molecule has 0 aliphatic rings. The number of amides is 1. The van der Waals surface area contributed by atoms with Gasteiger partial charge in [-0.3, -0.25) is 14.2 Å². The lowest BCUT2D eigenvalue weighted by atomic mass is 10.2. The van der Waals surface area contributed by atoms with Gasteiger partial charge >= 0.3 is 0 Å². The molecule has 0 fully saturated rings. The average molecular weight is 386 g/mol. The number of benzene rings is 2. The van der Waals surface area contributed by atoms with Crippen molar-refractivity contribution in [3.05, 3.63) is 81.5 Å². The SMILES string of the molecule is CCc1cc(=O)n(CC(=O)Nc2ccc(F)cc2)c(-c2cccc(Cl)c2)n1. The second-order valence-electron chi connectivity index (χ2n) is 5.91. The zero-order valence-corrected chi connectivity index (χ0v) is 15.3. The molecule has 1 heterocycles. The summed E-state index contributed by atoms with van der Waals surface area (Å²) >= 11 is 6.06. The number of aryl methyl sites for hydroxylation is 1. The minimum atomic E-state index is -0.418. The Morgan fingerprint density at radius 3 is 2.59 bits per heavy atom. The van der Waals surface area contributed by atoms with Gasteiger partial charge in [0.2, 0.25) is 5.91 Å². The highest BCUT2D eigenvalue weighted by molar-refractivity contribution is 6.30. The van der Waals surface area contributed by atoms with Crippen molar-refractivity contribution in [2.45, 2.75) is 19.9 Å². The molecule has 5 nitrogen and oxygen atoms in total. The highest BCUT2D eigenvalue weighted by atomic mass is 35.5. The van der Waals surface area contributed by atoms with Crippen LogP contribution in [0.1, 0.15) is 12.6 Å². The van der Waals surface area contributed by atoms with Crippen molar-refractivity contribution in [3.63, 3.8) is 0 Å². The fraction of sp³-hybridized carbons (Fsp3) is 0.150. The predicted octanol–water partition coefficient (Wildman–Crippen LogP) is 3.90. The zero-order valence-electron chi connectivity index (χ0n) is 14.6. The Bertz CT molecular complexity index is 1030. The van der Waals surface area contributed by atoms with Gasteiger partial charge < -0.3 is 5.32 Å². The molecule has 0 spiro atoms. The second kappa shape index (κ2) is 8.14. The average Bonchev–Trinajstić information content (AvgIpc) is 2.65. The summed E-state index contributed by atoms with van der Waals surface area (Å²) in [4.78, 5) is 29.5. The maximum absolute atomic E-state index is 13.0. The monoisotopic (exact) mass is 385 g/mol. The number of halogens is 2. The van der Waals surface area contributed by atoms with Gasteiger partial charge in [-0.2, -0.15) is 0 Å². The summed E-state index contributed by atoms with van der Waals surface area (Å²) in [6, 6.07) is 13.8. The first-order chi connectivity index (χ1) is 13.0. The van der Waals surface area contributed by atoms with Crippen LogP contribution in [0, 0.1) is 5.82 Å². The van der Waals surface area contributed by atoms with Crippen LogP contribution < -0.4 is 10.9 Å². The summed E-state index contributed by atoms with van der Waals surface area (Å²) in [5.74, 6) is -0.444. The highest BCUT2D eigenvalue weighted by Gasteiger charge is 2.14. The molecule has 0 bridgehead atoms. The van der Waals surface area contributed by atoms with E-state index < -0.39 is 11.7 Å². The van der Waals surface area contributed by atoms with Crippen LogP contribution >= 0.6 is 11.6 Å². The van der Waals surface area contributed by atoms with Gasteiger partial charge in [-0.15, -0.1) is 0 Å². The molecule has 0 aliphatic carbocycles. The molecule has 138 valence electrons. The maximum Gasteiger partial charge on any atom is 0.254 e. The molecule has 1 N–H and O–H groups in total. The number of nitrogens with zero attached hydrogens (tertiary/aromatic N) is 2. The van der Waals surface area contributed by atoms with Crippen LogP contribution in [0.25, 0.3) is 11.4 Å². The van der Waals surface area contributed by atoms with E-state index in [1.165, 1.54) is 34.9 Å². The molecule has 0 aliphatic heterocycles. The lowest BCUT2D eigenvalue weighted by molar-refractivity contribution is -0.116. The Balaban J connectivity index is 1.95. The van der Waals surface area contributed by atoms with E-state index in [1.54, 1.807) is 24.3 Å². The molecule has 1 aromatic heterocycles. The molecule has 0 radical (unpaired) electrons. The first kappa shape index (κ1) is 18.8. The van der Waals surface area contributed by atoms with E-state index in [4.69, 9.17) is 11.6 Å². The van der Waals surface area contributed by atoms with Gasteiger partial charge in [-0.25, -0.2) is 9.37 Å².